The first-order chi connectivity index (χ1) is 12.9. The topological polar surface area (TPSA) is 65.5 Å². The highest BCUT2D eigenvalue weighted by atomic mass is 32.1. The molecule has 144 valence electrons. The molecule has 27 heavy (non-hydrogen) atoms. The zero-order valence-corrected chi connectivity index (χ0v) is 16.9. The number of benzene rings is 1. The first-order valence-electron chi connectivity index (χ1n) is 9.26. The van der Waals surface area contributed by atoms with Crippen molar-refractivity contribution in [2.45, 2.75) is 33.2 Å². The molecule has 1 N–H and O–H groups in total. The van der Waals surface area contributed by atoms with E-state index in [2.05, 4.69) is 29.0 Å². The van der Waals surface area contributed by atoms with Crippen LogP contribution in [0.25, 0.3) is 0 Å². The van der Waals surface area contributed by atoms with Gasteiger partial charge in [0, 0.05) is 50.7 Å². The highest BCUT2D eigenvalue weighted by molar-refractivity contribution is 7.11. The van der Waals surface area contributed by atoms with Crippen molar-refractivity contribution in [2.24, 2.45) is 0 Å². The lowest BCUT2D eigenvalue weighted by atomic mass is 10.1. The average molecular weight is 387 g/mol. The first-order valence-corrected chi connectivity index (χ1v) is 10.1. The summed E-state index contributed by atoms with van der Waals surface area (Å²) in [5, 5.41) is 5.45. The van der Waals surface area contributed by atoms with Crippen molar-refractivity contribution in [1.82, 2.24) is 14.8 Å². The molecule has 1 aromatic heterocycles. The fourth-order valence-corrected chi connectivity index (χ4v) is 3.95. The van der Waals surface area contributed by atoms with Crippen molar-refractivity contribution in [3.8, 4) is 0 Å². The highest BCUT2D eigenvalue weighted by Gasteiger charge is 2.20. The maximum absolute atomic E-state index is 12.6. The number of para-hydroxylation sites is 1. The fourth-order valence-electron chi connectivity index (χ4n) is 3.07. The predicted molar refractivity (Wildman–Crippen MR) is 108 cm³/mol. The van der Waals surface area contributed by atoms with Gasteiger partial charge >= 0.3 is 0 Å². The van der Waals surface area contributed by atoms with E-state index < -0.39 is 0 Å². The van der Waals surface area contributed by atoms with Gasteiger partial charge in [0.15, 0.2) is 5.01 Å². The first kappa shape index (κ1) is 19.5. The molecule has 0 aliphatic carbocycles. The molecular formula is C20H26N4O2S. The Labute approximate surface area is 164 Å². The summed E-state index contributed by atoms with van der Waals surface area (Å²) in [6.45, 7) is 9.68. The molecule has 6 nitrogen and oxygen atoms in total. The van der Waals surface area contributed by atoms with Gasteiger partial charge < -0.3 is 10.2 Å². The van der Waals surface area contributed by atoms with E-state index in [1.165, 1.54) is 11.3 Å². The van der Waals surface area contributed by atoms with E-state index in [4.69, 9.17) is 0 Å². The lowest BCUT2D eigenvalue weighted by Gasteiger charge is -2.34. The zero-order valence-electron chi connectivity index (χ0n) is 16.1. The minimum atomic E-state index is -0.166. The van der Waals surface area contributed by atoms with Gasteiger partial charge in [-0.1, -0.05) is 32.0 Å². The Morgan fingerprint density at radius 3 is 2.52 bits per heavy atom. The number of carbonyl (C=O) groups is 2. The van der Waals surface area contributed by atoms with Crippen molar-refractivity contribution >= 4 is 28.8 Å². The molecule has 0 spiro atoms. The Balaban J connectivity index is 1.65. The number of nitrogens with one attached hydrogen (secondary N) is 1. The number of hydrogen-bond acceptors (Lipinski definition) is 5. The molecule has 1 saturated heterocycles. The summed E-state index contributed by atoms with van der Waals surface area (Å²) >= 11 is 1.38. The third-order valence-electron chi connectivity index (χ3n) is 4.78. The van der Waals surface area contributed by atoms with Gasteiger partial charge in [-0.05, 0) is 17.5 Å². The number of rotatable bonds is 5. The van der Waals surface area contributed by atoms with E-state index in [0.29, 0.717) is 10.9 Å². The van der Waals surface area contributed by atoms with Crippen LogP contribution in [0.3, 0.4) is 0 Å². The largest absolute Gasteiger partial charge is 0.340 e. The third kappa shape index (κ3) is 4.93. The van der Waals surface area contributed by atoms with Crippen LogP contribution in [-0.4, -0.2) is 52.8 Å². The van der Waals surface area contributed by atoms with Crippen LogP contribution in [0.2, 0.25) is 0 Å². The average Bonchev–Trinajstić information content (AvgIpc) is 3.14. The van der Waals surface area contributed by atoms with Gasteiger partial charge in [-0.3, -0.25) is 14.5 Å². The summed E-state index contributed by atoms with van der Waals surface area (Å²) in [5.41, 5.74) is 2.84. The lowest BCUT2D eigenvalue weighted by Crippen LogP contribution is -2.47. The van der Waals surface area contributed by atoms with E-state index in [9.17, 15) is 9.59 Å². The van der Waals surface area contributed by atoms with Crippen molar-refractivity contribution in [1.29, 1.82) is 0 Å². The molecule has 0 radical (unpaired) electrons. The summed E-state index contributed by atoms with van der Waals surface area (Å²) < 4.78 is 0. The molecule has 7 heteroatoms. The molecule has 2 amide bonds. The maximum atomic E-state index is 12.6. The Hall–Kier alpha value is -2.25. The quantitative estimate of drug-likeness (QED) is 0.857. The van der Waals surface area contributed by atoms with E-state index in [1.54, 1.807) is 6.92 Å². The molecule has 2 aromatic rings. The molecule has 1 aliphatic rings. The molecule has 2 heterocycles. The van der Waals surface area contributed by atoms with Gasteiger partial charge in [0.25, 0.3) is 5.91 Å². The number of carbonyl (C=O) groups excluding carboxylic acids is 2. The standard InChI is InChI=1S/C20H26N4O2S/c1-14(2)18-13-27-20(22-18)19(26)21-17-7-5-4-6-16(17)12-23-8-10-24(11-9-23)15(3)25/h4-7,13-14H,8-12H2,1-3H3,(H,21,26). The predicted octanol–water partition coefficient (Wildman–Crippen LogP) is 3.18. The van der Waals surface area contributed by atoms with E-state index in [0.717, 1.165) is 49.7 Å². The summed E-state index contributed by atoms with van der Waals surface area (Å²) in [7, 11) is 0. The van der Waals surface area contributed by atoms with Crippen LogP contribution >= 0.6 is 11.3 Å². The van der Waals surface area contributed by atoms with Crippen LogP contribution in [0, 0.1) is 0 Å². The Morgan fingerprint density at radius 1 is 1.19 bits per heavy atom. The second-order valence-corrected chi connectivity index (χ2v) is 7.98. The molecule has 0 bridgehead atoms. The minimum absolute atomic E-state index is 0.131. The van der Waals surface area contributed by atoms with Crippen LogP contribution in [-0.2, 0) is 11.3 Å². The van der Waals surface area contributed by atoms with Crippen molar-refractivity contribution in [3.63, 3.8) is 0 Å². The van der Waals surface area contributed by atoms with Crippen molar-refractivity contribution < 1.29 is 9.59 Å². The van der Waals surface area contributed by atoms with Gasteiger partial charge in [-0.15, -0.1) is 11.3 Å². The molecule has 1 aliphatic heterocycles. The lowest BCUT2D eigenvalue weighted by molar-refractivity contribution is -0.130. The Bertz CT molecular complexity index is 810. The van der Waals surface area contributed by atoms with E-state index >= 15 is 0 Å². The summed E-state index contributed by atoms with van der Waals surface area (Å²) in [5.74, 6) is 0.274. The summed E-state index contributed by atoms with van der Waals surface area (Å²) in [6.07, 6.45) is 0. The maximum Gasteiger partial charge on any atom is 0.284 e. The van der Waals surface area contributed by atoms with Crippen LogP contribution in [0.4, 0.5) is 5.69 Å². The molecule has 0 saturated carbocycles. The van der Waals surface area contributed by atoms with Gasteiger partial charge in [-0.2, -0.15) is 0 Å². The molecule has 0 unspecified atom stereocenters. The molecule has 3 rings (SSSR count). The molecule has 0 atom stereocenters. The number of anilines is 1. The Morgan fingerprint density at radius 2 is 1.89 bits per heavy atom. The second-order valence-electron chi connectivity index (χ2n) is 7.13. The number of piperazine rings is 1. The number of aromatic nitrogens is 1. The van der Waals surface area contributed by atoms with Gasteiger partial charge in [0.05, 0.1) is 5.69 Å². The number of nitrogens with zero attached hydrogens (tertiary/aromatic N) is 3. The normalized spacial score (nSPS) is 15.2. The number of thiazole rings is 1. The molecule has 1 fully saturated rings. The van der Waals surface area contributed by atoms with Gasteiger partial charge in [0.1, 0.15) is 0 Å². The van der Waals surface area contributed by atoms with Crippen molar-refractivity contribution in [2.75, 3.05) is 31.5 Å². The van der Waals surface area contributed by atoms with Crippen LogP contribution in [0.5, 0.6) is 0 Å². The molecular weight excluding hydrogens is 360 g/mol. The third-order valence-corrected chi connectivity index (χ3v) is 5.64. The van der Waals surface area contributed by atoms with Crippen LogP contribution in [0.15, 0.2) is 29.6 Å². The zero-order chi connectivity index (χ0) is 19.4. The summed E-state index contributed by atoms with van der Waals surface area (Å²) in [6, 6.07) is 7.87. The van der Waals surface area contributed by atoms with E-state index in [1.807, 2.05) is 34.5 Å². The number of amides is 2. The van der Waals surface area contributed by atoms with E-state index in [-0.39, 0.29) is 11.8 Å². The van der Waals surface area contributed by atoms with Crippen molar-refractivity contribution in [3.05, 3.63) is 45.9 Å². The number of hydrogen-bond donors (Lipinski definition) is 1. The monoisotopic (exact) mass is 386 g/mol. The van der Waals surface area contributed by atoms with Crippen LogP contribution < -0.4 is 5.32 Å². The smallest absolute Gasteiger partial charge is 0.284 e. The minimum Gasteiger partial charge on any atom is -0.340 e. The van der Waals surface area contributed by atoms with Gasteiger partial charge in [-0.25, -0.2) is 4.98 Å². The Kier molecular flexibility index (Phi) is 6.23. The fraction of sp³-hybridized carbons (Fsp3) is 0.450. The summed E-state index contributed by atoms with van der Waals surface area (Å²) in [4.78, 5) is 32.7. The highest BCUT2D eigenvalue weighted by Crippen LogP contribution is 2.22. The molecule has 1 aromatic carbocycles. The van der Waals surface area contributed by atoms with Crippen LogP contribution in [0.1, 0.15) is 47.7 Å². The second kappa shape index (κ2) is 8.63. The SMILES string of the molecule is CC(=O)N1CCN(Cc2ccccc2NC(=O)c2nc(C(C)C)cs2)CC1. The van der Waals surface area contributed by atoms with Gasteiger partial charge in [0.2, 0.25) is 5.91 Å².